The summed E-state index contributed by atoms with van der Waals surface area (Å²) in [6.45, 7) is 4.13. The van der Waals surface area contributed by atoms with Gasteiger partial charge in [-0.3, -0.25) is 0 Å². The van der Waals surface area contributed by atoms with Crippen molar-refractivity contribution in [1.82, 2.24) is 9.97 Å². The summed E-state index contributed by atoms with van der Waals surface area (Å²) in [5.41, 5.74) is 5.68. The first-order chi connectivity index (χ1) is 12.7. The van der Waals surface area contributed by atoms with E-state index >= 15 is 0 Å². The molecule has 0 fully saturated rings. The Balaban J connectivity index is 1.61. The van der Waals surface area contributed by atoms with Crippen molar-refractivity contribution in [3.05, 3.63) is 89.6 Å². The van der Waals surface area contributed by atoms with Gasteiger partial charge in [-0.05, 0) is 36.2 Å². The molecule has 1 heterocycles. The van der Waals surface area contributed by atoms with E-state index in [1.165, 1.54) is 21.9 Å². The van der Waals surface area contributed by atoms with Crippen LogP contribution in [0.4, 0.5) is 0 Å². The number of rotatable bonds is 4. The molecule has 4 rings (SSSR count). The van der Waals surface area contributed by atoms with Crippen LogP contribution in [0.5, 0.6) is 0 Å². The number of benzene rings is 3. The highest BCUT2D eigenvalue weighted by molar-refractivity contribution is 7.98. The average molecular weight is 356 g/mol. The van der Waals surface area contributed by atoms with Gasteiger partial charge in [0, 0.05) is 17.0 Å². The molecule has 3 aromatic carbocycles. The van der Waals surface area contributed by atoms with E-state index in [1.807, 2.05) is 13.0 Å². The van der Waals surface area contributed by atoms with Crippen LogP contribution in [0.15, 0.2) is 78.0 Å². The van der Waals surface area contributed by atoms with E-state index in [0.717, 1.165) is 27.9 Å². The van der Waals surface area contributed by atoms with Crippen molar-refractivity contribution in [3.63, 3.8) is 0 Å². The molecule has 0 amide bonds. The Bertz CT molecular complexity index is 1050. The monoisotopic (exact) mass is 356 g/mol. The SMILES string of the molecule is Cc1ccc(-c2cc(C)nc(SCc3cccc4ccccc34)n2)cc1. The van der Waals surface area contributed by atoms with E-state index < -0.39 is 0 Å². The first-order valence-electron chi connectivity index (χ1n) is 8.71. The zero-order chi connectivity index (χ0) is 17.9. The lowest BCUT2D eigenvalue weighted by Gasteiger charge is -2.08. The Labute approximate surface area is 158 Å². The molecule has 0 spiro atoms. The molecule has 4 aromatic rings. The van der Waals surface area contributed by atoms with Gasteiger partial charge in [-0.15, -0.1) is 0 Å². The third-order valence-electron chi connectivity index (χ3n) is 4.42. The number of fused-ring (bicyclic) bond motifs is 1. The van der Waals surface area contributed by atoms with Crippen LogP contribution in [0.1, 0.15) is 16.8 Å². The Hall–Kier alpha value is -2.65. The zero-order valence-electron chi connectivity index (χ0n) is 14.9. The molecule has 2 nitrogen and oxygen atoms in total. The summed E-state index contributed by atoms with van der Waals surface area (Å²) in [6.07, 6.45) is 0. The third-order valence-corrected chi connectivity index (χ3v) is 5.31. The second-order valence-corrected chi connectivity index (χ2v) is 7.41. The van der Waals surface area contributed by atoms with Crippen LogP contribution >= 0.6 is 11.8 Å². The minimum Gasteiger partial charge on any atom is -0.228 e. The average Bonchev–Trinajstić information content (AvgIpc) is 2.66. The van der Waals surface area contributed by atoms with Gasteiger partial charge < -0.3 is 0 Å². The summed E-state index contributed by atoms with van der Waals surface area (Å²) in [5.74, 6) is 0.859. The van der Waals surface area contributed by atoms with Crippen molar-refractivity contribution < 1.29 is 0 Å². The van der Waals surface area contributed by atoms with Crippen LogP contribution in [-0.2, 0) is 5.75 Å². The van der Waals surface area contributed by atoms with Crippen LogP contribution in [0.3, 0.4) is 0 Å². The number of hydrogen-bond acceptors (Lipinski definition) is 3. The number of aryl methyl sites for hydroxylation is 2. The summed E-state index contributed by atoms with van der Waals surface area (Å²) in [5, 5.41) is 3.40. The van der Waals surface area contributed by atoms with E-state index in [9.17, 15) is 0 Å². The molecule has 128 valence electrons. The van der Waals surface area contributed by atoms with Crippen LogP contribution in [0.25, 0.3) is 22.0 Å². The summed E-state index contributed by atoms with van der Waals surface area (Å²) in [4.78, 5) is 9.40. The Morgan fingerprint density at radius 3 is 2.42 bits per heavy atom. The van der Waals surface area contributed by atoms with Gasteiger partial charge >= 0.3 is 0 Å². The van der Waals surface area contributed by atoms with E-state index in [1.54, 1.807) is 11.8 Å². The summed E-state index contributed by atoms with van der Waals surface area (Å²) in [7, 11) is 0. The van der Waals surface area contributed by atoms with Crippen molar-refractivity contribution in [1.29, 1.82) is 0 Å². The van der Waals surface area contributed by atoms with Gasteiger partial charge in [-0.25, -0.2) is 9.97 Å². The topological polar surface area (TPSA) is 25.8 Å². The van der Waals surface area contributed by atoms with Crippen molar-refractivity contribution in [2.75, 3.05) is 0 Å². The third kappa shape index (κ3) is 3.63. The largest absolute Gasteiger partial charge is 0.228 e. The van der Waals surface area contributed by atoms with E-state index in [-0.39, 0.29) is 0 Å². The van der Waals surface area contributed by atoms with Crippen molar-refractivity contribution in [3.8, 4) is 11.3 Å². The highest BCUT2D eigenvalue weighted by atomic mass is 32.2. The molecule has 0 saturated carbocycles. The molecule has 0 atom stereocenters. The maximum atomic E-state index is 4.78. The van der Waals surface area contributed by atoms with Gasteiger partial charge in [0.1, 0.15) is 0 Å². The number of thioether (sulfide) groups is 1. The summed E-state index contributed by atoms with van der Waals surface area (Å²) < 4.78 is 0. The number of hydrogen-bond donors (Lipinski definition) is 0. The van der Waals surface area contributed by atoms with E-state index in [4.69, 9.17) is 4.98 Å². The molecule has 0 saturated heterocycles. The Morgan fingerprint density at radius 1 is 0.808 bits per heavy atom. The lowest BCUT2D eigenvalue weighted by atomic mass is 10.1. The van der Waals surface area contributed by atoms with Crippen LogP contribution in [0, 0.1) is 13.8 Å². The molecule has 3 heteroatoms. The maximum absolute atomic E-state index is 4.78. The molecule has 26 heavy (non-hydrogen) atoms. The van der Waals surface area contributed by atoms with Crippen LogP contribution in [0.2, 0.25) is 0 Å². The quantitative estimate of drug-likeness (QED) is 0.321. The first kappa shape index (κ1) is 16.8. The minimum absolute atomic E-state index is 0.827. The minimum atomic E-state index is 0.827. The van der Waals surface area contributed by atoms with Crippen LogP contribution < -0.4 is 0 Å². The van der Waals surface area contributed by atoms with Gasteiger partial charge in [-0.2, -0.15) is 0 Å². The van der Waals surface area contributed by atoms with Crippen molar-refractivity contribution in [2.24, 2.45) is 0 Å². The van der Waals surface area contributed by atoms with Gasteiger partial charge in [0.25, 0.3) is 0 Å². The Kier molecular flexibility index (Phi) is 4.72. The zero-order valence-corrected chi connectivity index (χ0v) is 15.8. The molecule has 0 aliphatic heterocycles. The Morgan fingerprint density at radius 2 is 1.58 bits per heavy atom. The van der Waals surface area contributed by atoms with Gasteiger partial charge in [-0.1, -0.05) is 84.1 Å². The second kappa shape index (κ2) is 7.30. The fourth-order valence-electron chi connectivity index (χ4n) is 3.04. The highest BCUT2D eigenvalue weighted by Crippen LogP contribution is 2.27. The van der Waals surface area contributed by atoms with Crippen molar-refractivity contribution >= 4 is 22.5 Å². The normalized spacial score (nSPS) is 11.0. The first-order valence-corrected chi connectivity index (χ1v) is 9.70. The fourth-order valence-corrected chi connectivity index (χ4v) is 3.95. The highest BCUT2D eigenvalue weighted by Gasteiger charge is 2.07. The molecular weight excluding hydrogens is 336 g/mol. The van der Waals surface area contributed by atoms with Gasteiger partial charge in [0.05, 0.1) is 5.69 Å². The molecule has 0 aliphatic carbocycles. The summed E-state index contributed by atoms with van der Waals surface area (Å²) >= 11 is 1.69. The van der Waals surface area contributed by atoms with E-state index in [2.05, 4.69) is 78.6 Å². The second-order valence-electron chi connectivity index (χ2n) is 6.47. The predicted octanol–water partition coefficient (Wildman–Crippen LogP) is 6.21. The maximum Gasteiger partial charge on any atom is 0.188 e. The van der Waals surface area contributed by atoms with Gasteiger partial charge in [0.15, 0.2) is 5.16 Å². The smallest absolute Gasteiger partial charge is 0.188 e. The molecule has 0 unspecified atom stereocenters. The predicted molar refractivity (Wildman–Crippen MR) is 110 cm³/mol. The van der Waals surface area contributed by atoms with Crippen molar-refractivity contribution in [2.45, 2.75) is 24.8 Å². The molecule has 0 N–H and O–H groups in total. The standard InChI is InChI=1S/C23H20N2S/c1-16-10-12-19(13-11-16)22-14-17(2)24-23(25-22)26-15-20-8-5-7-18-6-3-4-9-21(18)20/h3-14H,15H2,1-2H3. The fraction of sp³-hybridized carbons (Fsp3) is 0.130. The lowest BCUT2D eigenvalue weighted by Crippen LogP contribution is -1.94. The molecule has 0 radical (unpaired) electrons. The molecule has 0 bridgehead atoms. The molecule has 0 aliphatic rings. The van der Waals surface area contributed by atoms with E-state index in [0.29, 0.717) is 0 Å². The molecule has 1 aromatic heterocycles. The summed E-state index contributed by atoms with van der Waals surface area (Å²) in [6, 6.07) is 25.5. The number of nitrogens with zero attached hydrogens (tertiary/aromatic N) is 2. The van der Waals surface area contributed by atoms with Crippen LogP contribution in [-0.4, -0.2) is 9.97 Å². The number of aromatic nitrogens is 2. The molecular formula is C23H20N2S. The lowest BCUT2D eigenvalue weighted by molar-refractivity contribution is 0.937. The van der Waals surface area contributed by atoms with Gasteiger partial charge in [0.2, 0.25) is 0 Å².